The molecule has 0 spiro atoms. The van der Waals surface area contributed by atoms with Crippen molar-refractivity contribution in [3.63, 3.8) is 0 Å². The second-order valence-electron chi connectivity index (χ2n) is 8.24. The van der Waals surface area contributed by atoms with Gasteiger partial charge in [-0.25, -0.2) is 9.97 Å². The van der Waals surface area contributed by atoms with E-state index in [1.54, 1.807) is 12.1 Å². The summed E-state index contributed by atoms with van der Waals surface area (Å²) in [6, 6.07) is 15.2. The Morgan fingerprint density at radius 3 is 2.52 bits per heavy atom. The van der Waals surface area contributed by atoms with Crippen molar-refractivity contribution in [2.24, 2.45) is 0 Å². The van der Waals surface area contributed by atoms with Crippen LogP contribution in [0.5, 0.6) is 5.75 Å². The molecule has 0 amide bonds. The number of benzene rings is 2. The third-order valence-corrected chi connectivity index (χ3v) is 5.00. The van der Waals surface area contributed by atoms with E-state index < -0.39 is 0 Å². The molecule has 0 aliphatic carbocycles. The fourth-order valence-corrected chi connectivity index (χ4v) is 3.29. The Balaban J connectivity index is 1.88. The standard InChI is InChI=1S/C26H22N2O3/c1-5-13-31-20-10-11-22-21(15-20)23(17-6-8-19(9-7-17)26(2,3)4)28-25(27-22)24(29)18-12-14-30-16-18/h1,6-12,14-16H,13H2,2-4H3. The van der Waals surface area contributed by atoms with Gasteiger partial charge in [-0.05, 0) is 35.2 Å². The molecule has 0 N–H and O–H groups in total. The van der Waals surface area contributed by atoms with Crippen molar-refractivity contribution in [1.82, 2.24) is 9.97 Å². The molecule has 5 heteroatoms. The molecule has 0 aliphatic heterocycles. The van der Waals surface area contributed by atoms with E-state index in [1.165, 1.54) is 18.1 Å². The number of carbonyl (C=O) groups excluding carboxylic acids is 1. The highest BCUT2D eigenvalue weighted by atomic mass is 16.5. The topological polar surface area (TPSA) is 65.2 Å². The summed E-state index contributed by atoms with van der Waals surface area (Å²) in [6.07, 6.45) is 8.16. The molecule has 0 bridgehead atoms. The Labute approximate surface area is 181 Å². The maximum Gasteiger partial charge on any atom is 0.233 e. The van der Waals surface area contributed by atoms with Crippen molar-refractivity contribution in [1.29, 1.82) is 0 Å². The fraction of sp³-hybridized carbons (Fsp3) is 0.192. The van der Waals surface area contributed by atoms with Crippen LogP contribution < -0.4 is 4.74 Å². The summed E-state index contributed by atoms with van der Waals surface area (Å²) in [5.41, 5.74) is 3.83. The number of hydrogen-bond acceptors (Lipinski definition) is 5. The lowest BCUT2D eigenvalue weighted by Gasteiger charge is -2.19. The predicted octanol–water partition coefficient (Wildman–Crippen LogP) is 5.43. The minimum Gasteiger partial charge on any atom is -0.481 e. The van der Waals surface area contributed by atoms with E-state index in [1.807, 2.05) is 24.3 Å². The summed E-state index contributed by atoms with van der Waals surface area (Å²) in [5, 5.41) is 0.779. The van der Waals surface area contributed by atoms with Crippen LogP contribution in [0.1, 0.15) is 42.5 Å². The highest BCUT2D eigenvalue weighted by Crippen LogP contribution is 2.31. The lowest BCUT2D eigenvalue weighted by molar-refractivity contribution is 0.102. The van der Waals surface area contributed by atoms with E-state index in [4.69, 9.17) is 15.6 Å². The van der Waals surface area contributed by atoms with E-state index in [9.17, 15) is 4.79 Å². The number of rotatable bonds is 5. The van der Waals surface area contributed by atoms with Gasteiger partial charge in [-0.2, -0.15) is 0 Å². The molecule has 2 aromatic carbocycles. The number of aromatic nitrogens is 2. The van der Waals surface area contributed by atoms with Gasteiger partial charge in [0.1, 0.15) is 18.6 Å². The Morgan fingerprint density at radius 2 is 1.87 bits per heavy atom. The van der Waals surface area contributed by atoms with Crippen LogP contribution in [-0.4, -0.2) is 22.4 Å². The first kappa shape index (κ1) is 20.4. The summed E-state index contributed by atoms with van der Waals surface area (Å²) in [7, 11) is 0. The van der Waals surface area contributed by atoms with Gasteiger partial charge >= 0.3 is 0 Å². The SMILES string of the molecule is C#CCOc1ccc2nc(C(=O)c3ccoc3)nc(-c3ccc(C(C)(C)C)cc3)c2c1. The zero-order chi connectivity index (χ0) is 22.0. The van der Waals surface area contributed by atoms with Gasteiger partial charge in [-0.1, -0.05) is 51.0 Å². The first-order chi connectivity index (χ1) is 14.9. The van der Waals surface area contributed by atoms with Gasteiger partial charge < -0.3 is 9.15 Å². The molecule has 31 heavy (non-hydrogen) atoms. The zero-order valence-corrected chi connectivity index (χ0v) is 17.7. The van der Waals surface area contributed by atoms with E-state index in [2.05, 4.69) is 48.8 Å². The van der Waals surface area contributed by atoms with Crippen molar-refractivity contribution in [3.05, 3.63) is 78.0 Å². The molecular weight excluding hydrogens is 388 g/mol. The van der Waals surface area contributed by atoms with Gasteiger partial charge in [0, 0.05) is 10.9 Å². The number of ether oxygens (including phenoxy) is 1. The van der Waals surface area contributed by atoms with E-state index in [-0.39, 0.29) is 23.6 Å². The van der Waals surface area contributed by atoms with E-state index in [0.717, 1.165) is 10.9 Å². The fourth-order valence-electron chi connectivity index (χ4n) is 3.29. The van der Waals surface area contributed by atoms with Crippen molar-refractivity contribution >= 4 is 16.7 Å². The zero-order valence-electron chi connectivity index (χ0n) is 17.7. The van der Waals surface area contributed by atoms with E-state index >= 15 is 0 Å². The van der Waals surface area contributed by atoms with Crippen LogP contribution in [-0.2, 0) is 5.41 Å². The molecule has 0 aliphatic rings. The Hall–Kier alpha value is -3.91. The Kier molecular flexibility index (Phi) is 5.31. The number of terminal acetylenes is 1. The van der Waals surface area contributed by atoms with Crippen LogP contribution in [0.15, 0.2) is 65.5 Å². The van der Waals surface area contributed by atoms with Crippen LogP contribution in [0.2, 0.25) is 0 Å². The summed E-state index contributed by atoms with van der Waals surface area (Å²) in [5.74, 6) is 2.90. The van der Waals surface area contributed by atoms with Crippen molar-refractivity contribution in [2.75, 3.05) is 6.61 Å². The number of fused-ring (bicyclic) bond motifs is 1. The first-order valence-corrected chi connectivity index (χ1v) is 9.93. The number of carbonyl (C=O) groups is 1. The second kappa shape index (κ2) is 8.08. The van der Waals surface area contributed by atoms with Gasteiger partial charge in [0.15, 0.2) is 0 Å². The number of nitrogens with zero attached hydrogens (tertiary/aromatic N) is 2. The van der Waals surface area contributed by atoms with Crippen molar-refractivity contribution in [3.8, 4) is 29.4 Å². The first-order valence-electron chi connectivity index (χ1n) is 9.93. The second-order valence-corrected chi connectivity index (χ2v) is 8.24. The predicted molar refractivity (Wildman–Crippen MR) is 120 cm³/mol. The average molecular weight is 410 g/mol. The summed E-state index contributed by atoms with van der Waals surface area (Å²) in [4.78, 5) is 22.0. The molecule has 4 aromatic rings. The van der Waals surface area contributed by atoms with Crippen LogP contribution in [0.3, 0.4) is 0 Å². The van der Waals surface area contributed by atoms with Gasteiger partial charge in [0.2, 0.25) is 11.6 Å². The average Bonchev–Trinajstić information content (AvgIpc) is 3.31. The van der Waals surface area contributed by atoms with Gasteiger partial charge in [0.05, 0.1) is 23.0 Å². The molecule has 4 rings (SSSR count). The van der Waals surface area contributed by atoms with Gasteiger partial charge in [-0.15, -0.1) is 6.42 Å². The molecule has 2 heterocycles. The molecule has 5 nitrogen and oxygen atoms in total. The van der Waals surface area contributed by atoms with E-state index in [0.29, 0.717) is 22.5 Å². The lowest BCUT2D eigenvalue weighted by atomic mass is 9.86. The van der Waals surface area contributed by atoms with Gasteiger partial charge in [-0.3, -0.25) is 4.79 Å². The third-order valence-electron chi connectivity index (χ3n) is 5.00. The normalized spacial score (nSPS) is 11.3. The number of hydrogen-bond donors (Lipinski definition) is 0. The molecule has 2 aromatic heterocycles. The molecule has 0 unspecified atom stereocenters. The molecule has 0 saturated heterocycles. The monoisotopic (exact) mass is 410 g/mol. The smallest absolute Gasteiger partial charge is 0.233 e. The maximum absolute atomic E-state index is 12.9. The maximum atomic E-state index is 12.9. The molecule has 0 atom stereocenters. The molecule has 0 saturated carbocycles. The van der Waals surface area contributed by atoms with Crippen LogP contribution in [0.4, 0.5) is 0 Å². The van der Waals surface area contributed by atoms with Crippen molar-refractivity contribution in [2.45, 2.75) is 26.2 Å². The van der Waals surface area contributed by atoms with Crippen LogP contribution in [0, 0.1) is 12.3 Å². The molecule has 154 valence electrons. The Morgan fingerprint density at radius 1 is 1.10 bits per heavy atom. The minimum absolute atomic E-state index is 0.0327. The minimum atomic E-state index is -0.295. The summed E-state index contributed by atoms with van der Waals surface area (Å²) < 4.78 is 10.6. The van der Waals surface area contributed by atoms with Crippen LogP contribution >= 0.6 is 0 Å². The highest BCUT2D eigenvalue weighted by molar-refractivity contribution is 6.08. The number of ketones is 1. The quantitative estimate of drug-likeness (QED) is 0.324. The summed E-state index contributed by atoms with van der Waals surface area (Å²) in [6.45, 7) is 6.66. The Bertz CT molecular complexity index is 1280. The van der Waals surface area contributed by atoms with Crippen molar-refractivity contribution < 1.29 is 13.9 Å². The lowest BCUT2D eigenvalue weighted by Crippen LogP contribution is -2.11. The summed E-state index contributed by atoms with van der Waals surface area (Å²) >= 11 is 0. The molecular formula is C26H22N2O3. The van der Waals surface area contributed by atoms with Crippen LogP contribution in [0.25, 0.3) is 22.2 Å². The molecule has 0 fully saturated rings. The van der Waals surface area contributed by atoms with Gasteiger partial charge in [0.25, 0.3) is 0 Å². The molecule has 0 radical (unpaired) electrons. The largest absolute Gasteiger partial charge is 0.481 e. The highest BCUT2D eigenvalue weighted by Gasteiger charge is 2.19. The third kappa shape index (κ3) is 4.19. The number of furan rings is 1.